The fourth-order valence-electron chi connectivity index (χ4n) is 4.61. The number of aromatic nitrogens is 2. The smallest absolute Gasteiger partial charge is 0.407 e. The molecule has 1 saturated heterocycles. The second-order valence-electron chi connectivity index (χ2n) is 9.44. The van der Waals surface area contributed by atoms with Crippen LogP contribution in [0.4, 0.5) is 14.9 Å². The number of aromatic amines is 1. The summed E-state index contributed by atoms with van der Waals surface area (Å²) in [6.07, 6.45) is 3.21. The first kappa shape index (κ1) is 20.8. The molecule has 9 heteroatoms. The molecule has 0 unspecified atom stereocenters. The van der Waals surface area contributed by atoms with Gasteiger partial charge in [0.1, 0.15) is 17.1 Å². The predicted molar refractivity (Wildman–Crippen MR) is 122 cm³/mol. The average Bonchev–Trinajstić information content (AvgIpc) is 3.00. The molecule has 2 N–H and O–H groups in total. The molecular formula is C22H22BrClFN4O2. The quantitative estimate of drug-likeness (QED) is 0.475. The summed E-state index contributed by atoms with van der Waals surface area (Å²) in [5, 5.41) is 4.44. The van der Waals surface area contributed by atoms with Crippen LogP contribution in [0.15, 0.2) is 16.7 Å². The van der Waals surface area contributed by atoms with E-state index in [4.69, 9.17) is 16.3 Å². The Labute approximate surface area is 192 Å². The van der Waals surface area contributed by atoms with Crippen LogP contribution in [-0.2, 0) is 4.74 Å². The minimum Gasteiger partial charge on any atom is -0.444 e. The minimum atomic E-state index is -0.526. The lowest BCUT2D eigenvalue weighted by Gasteiger charge is -2.22. The van der Waals surface area contributed by atoms with Crippen LogP contribution in [0.1, 0.15) is 33.6 Å². The molecule has 3 aromatic rings. The fourth-order valence-corrected chi connectivity index (χ4v) is 5.41. The van der Waals surface area contributed by atoms with Crippen molar-refractivity contribution in [2.24, 2.45) is 5.41 Å². The van der Waals surface area contributed by atoms with E-state index in [0.29, 0.717) is 16.6 Å². The molecule has 1 aromatic carbocycles. The van der Waals surface area contributed by atoms with Gasteiger partial charge < -0.3 is 19.9 Å². The highest BCUT2D eigenvalue weighted by atomic mass is 79.9. The van der Waals surface area contributed by atoms with Gasteiger partial charge in [0.2, 0.25) is 0 Å². The first-order valence-corrected chi connectivity index (χ1v) is 11.4. The van der Waals surface area contributed by atoms with Crippen LogP contribution in [-0.4, -0.2) is 40.8 Å². The number of H-pyrrole nitrogens is 1. The molecule has 1 radical (unpaired) electrons. The monoisotopic (exact) mass is 507 g/mol. The van der Waals surface area contributed by atoms with Crippen LogP contribution in [0.5, 0.6) is 0 Å². The van der Waals surface area contributed by atoms with Gasteiger partial charge in [-0.25, -0.2) is 14.2 Å². The number of ether oxygens (including phenoxy) is 1. The van der Waals surface area contributed by atoms with E-state index in [1.54, 1.807) is 6.20 Å². The molecule has 163 valence electrons. The van der Waals surface area contributed by atoms with Crippen LogP contribution < -0.4 is 10.2 Å². The van der Waals surface area contributed by atoms with E-state index in [1.165, 1.54) is 6.07 Å². The van der Waals surface area contributed by atoms with Crippen LogP contribution in [0.25, 0.3) is 21.9 Å². The van der Waals surface area contributed by atoms with Crippen molar-refractivity contribution >= 4 is 61.2 Å². The highest BCUT2D eigenvalue weighted by Gasteiger charge is 2.58. The third-order valence-electron chi connectivity index (χ3n) is 6.10. The normalized spacial score (nSPS) is 23.2. The van der Waals surface area contributed by atoms with Gasteiger partial charge in [-0.2, -0.15) is 0 Å². The lowest BCUT2D eigenvalue weighted by Crippen LogP contribution is -2.36. The maximum Gasteiger partial charge on any atom is 0.407 e. The fraction of sp³-hybridized carbons (Fsp3) is 0.455. The number of carbonyl (C=O) groups is 1. The Morgan fingerprint density at radius 1 is 1.48 bits per heavy atom. The number of halogens is 3. The second-order valence-corrected chi connectivity index (χ2v) is 10.7. The number of benzene rings is 1. The highest BCUT2D eigenvalue weighted by Crippen LogP contribution is 2.55. The third-order valence-corrected chi connectivity index (χ3v) is 7.05. The van der Waals surface area contributed by atoms with Crippen LogP contribution in [0, 0.1) is 17.3 Å². The van der Waals surface area contributed by atoms with Crippen molar-refractivity contribution in [2.75, 3.05) is 18.0 Å². The van der Waals surface area contributed by atoms with Crippen LogP contribution >= 0.6 is 27.5 Å². The molecule has 2 atom stereocenters. The van der Waals surface area contributed by atoms with E-state index in [-0.39, 0.29) is 22.6 Å². The van der Waals surface area contributed by atoms with E-state index >= 15 is 0 Å². The Morgan fingerprint density at radius 3 is 3.00 bits per heavy atom. The lowest BCUT2D eigenvalue weighted by atomic mass is 10.1. The number of amides is 1. The number of nitrogens with one attached hydrogen (secondary N) is 2. The van der Waals surface area contributed by atoms with Crippen molar-refractivity contribution in [1.29, 1.82) is 0 Å². The van der Waals surface area contributed by atoms with Gasteiger partial charge in [-0.1, -0.05) is 11.6 Å². The number of hydrogen-bond donors (Lipinski definition) is 2. The highest BCUT2D eigenvalue weighted by molar-refractivity contribution is 9.10. The number of rotatable bonds is 2. The Morgan fingerprint density at radius 2 is 2.26 bits per heavy atom. The molecule has 2 aromatic heterocycles. The van der Waals surface area contributed by atoms with Crippen molar-refractivity contribution in [3.63, 3.8) is 0 Å². The van der Waals surface area contributed by atoms with E-state index in [0.717, 1.165) is 41.5 Å². The lowest BCUT2D eigenvalue weighted by molar-refractivity contribution is 0.0517. The molecule has 1 saturated carbocycles. The number of anilines is 1. The van der Waals surface area contributed by atoms with Gasteiger partial charge in [0.15, 0.2) is 0 Å². The summed E-state index contributed by atoms with van der Waals surface area (Å²) >= 11 is 9.97. The molecule has 3 heterocycles. The van der Waals surface area contributed by atoms with Gasteiger partial charge in [-0.15, -0.1) is 0 Å². The van der Waals surface area contributed by atoms with Crippen molar-refractivity contribution in [1.82, 2.24) is 15.3 Å². The third kappa shape index (κ3) is 3.53. The molecule has 31 heavy (non-hydrogen) atoms. The molecule has 5 rings (SSSR count). The summed E-state index contributed by atoms with van der Waals surface area (Å²) < 4.78 is 20.4. The topological polar surface area (TPSA) is 70.2 Å². The van der Waals surface area contributed by atoms with Crippen LogP contribution in [0.3, 0.4) is 0 Å². The Kier molecular flexibility index (Phi) is 4.68. The SMILES string of the molecule is CC(C)(C)OC(=O)N[C@@H]1C[C@@]12CCN(c1c(Br)cnc3[nH]c4[c]cc(F)c(Cl)c4c13)C2. The van der Waals surface area contributed by atoms with Crippen molar-refractivity contribution in [3.8, 4) is 0 Å². The Hall–Kier alpha value is -2.06. The largest absolute Gasteiger partial charge is 0.444 e. The summed E-state index contributed by atoms with van der Waals surface area (Å²) in [5.41, 5.74) is 1.67. The summed E-state index contributed by atoms with van der Waals surface area (Å²) in [4.78, 5) is 22.1. The van der Waals surface area contributed by atoms with Gasteiger partial charge >= 0.3 is 6.09 Å². The predicted octanol–water partition coefficient (Wildman–Crippen LogP) is 5.56. The maximum absolute atomic E-state index is 14.2. The molecule has 6 nitrogen and oxygen atoms in total. The van der Waals surface area contributed by atoms with Gasteiger partial charge in [0.25, 0.3) is 0 Å². The van der Waals surface area contributed by atoms with Gasteiger partial charge in [0, 0.05) is 42.2 Å². The van der Waals surface area contributed by atoms with E-state index in [1.807, 2.05) is 20.8 Å². The number of pyridine rings is 1. The summed E-state index contributed by atoms with van der Waals surface area (Å²) in [6, 6.07) is 4.23. The Balaban J connectivity index is 1.46. The van der Waals surface area contributed by atoms with Crippen molar-refractivity contribution < 1.29 is 13.9 Å². The van der Waals surface area contributed by atoms with E-state index in [9.17, 15) is 9.18 Å². The molecule has 1 aliphatic carbocycles. The summed E-state index contributed by atoms with van der Waals surface area (Å²) in [6.45, 7) is 7.14. The molecule has 1 aliphatic heterocycles. The summed E-state index contributed by atoms with van der Waals surface area (Å²) in [7, 11) is 0. The summed E-state index contributed by atoms with van der Waals surface area (Å²) in [5.74, 6) is -0.511. The second kappa shape index (κ2) is 6.97. The average molecular weight is 509 g/mol. The molecule has 0 bridgehead atoms. The molecular weight excluding hydrogens is 487 g/mol. The molecule has 1 spiro atoms. The standard InChI is InChI=1S/C22H22BrClFN4O2/c1-21(2,3)31-20(30)28-14-8-22(14)6-7-29(10-22)18-11(23)9-26-19-16(18)15-13(27-19)5-4-12(25)17(15)24/h4,9,14H,6-8,10H2,1-3H3,(H,26,27)(H,28,30)/t14-,22-/m1/s1. The van der Waals surface area contributed by atoms with E-state index in [2.05, 4.69) is 42.2 Å². The van der Waals surface area contributed by atoms with Gasteiger partial charge in [-0.05, 0) is 55.6 Å². The number of hydrogen-bond acceptors (Lipinski definition) is 4. The zero-order valence-electron chi connectivity index (χ0n) is 17.4. The molecule has 2 aliphatic rings. The zero-order chi connectivity index (χ0) is 22.1. The van der Waals surface area contributed by atoms with Crippen molar-refractivity contribution in [3.05, 3.63) is 33.6 Å². The first-order valence-electron chi connectivity index (χ1n) is 10.2. The maximum atomic E-state index is 14.2. The molecule has 1 amide bonds. The van der Waals surface area contributed by atoms with Crippen LogP contribution in [0.2, 0.25) is 5.02 Å². The number of nitrogens with zero attached hydrogens (tertiary/aromatic N) is 2. The van der Waals surface area contributed by atoms with Gasteiger partial charge in [0.05, 0.1) is 26.1 Å². The number of carbonyl (C=O) groups excluding carboxylic acids is 1. The number of alkyl carbamates (subject to hydrolysis) is 1. The molecule has 2 fully saturated rings. The Bertz CT molecular complexity index is 1220. The first-order chi connectivity index (χ1) is 14.6. The minimum absolute atomic E-state index is 0.0131. The van der Waals surface area contributed by atoms with E-state index < -0.39 is 11.4 Å². The van der Waals surface area contributed by atoms with Crippen molar-refractivity contribution in [2.45, 2.75) is 45.3 Å². The van der Waals surface area contributed by atoms with Gasteiger partial charge in [-0.3, -0.25) is 0 Å². The number of fused-ring (bicyclic) bond motifs is 3. The zero-order valence-corrected chi connectivity index (χ0v) is 19.7.